The van der Waals surface area contributed by atoms with Crippen molar-refractivity contribution in [2.45, 2.75) is 31.8 Å². The number of piperazine rings is 1. The largest absolute Gasteiger partial charge is 0.352 e. The van der Waals surface area contributed by atoms with Crippen molar-refractivity contribution in [2.75, 3.05) is 31.1 Å². The topological polar surface area (TPSA) is 81.3 Å². The number of hydrogen-bond donors (Lipinski definition) is 2. The summed E-state index contributed by atoms with van der Waals surface area (Å²) in [6, 6.07) is 7.63. The van der Waals surface area contributed by atoms with Crippen LogP contribution in [0.4, 0.5) is 5.95 Å². The van der Waals surface area contributed by atoms with Crippen LogP contribution in [0.25, 0.3) is 10.9 Å². The molecule has 2 heterocycles. The SMILES string of the molecule is CC(C(=O)NC1CC1)N1CCN(c2nc3ccccc3c(=O)[nH]2)CC1. The molecule has 1 amide bonds. The van der Waals surface area contributed by atoms with Crippen molar-refractivity contribution in [1.82, 2.24) is 20.2 Å². The molecule has 0 radical (unpaired) electrons. The zero-order valence-electron chi connectivity index (χ0n) is 14.4. The molecular formula is C18H23N5O2. The standard InChI is InChI=1S/C18H23N5O2/c1-12(16(24)19-13-6-7-13)22-8-10-23(11-9-22)18-20-15-5-3-2-4-14(15)17(25)21-18/h2-5,12-13H,6-11H2,1H3,(H,19,24)(H,20,21,25). The van der Waals surface area contributed by atoms with E-state index in [1.54, 1.807) is 6.07 Å². The van der Waals surface area contributed by atoms with Crippen LogP contribution >= 0.6 is 0 Å². The molecule has 1 saturated carbocycles. The molecular weight excluding hydrogens is 318 g/mol. The predicted octanol–water partition coefficient (Wildman–Crippen LogP) is 0.712. The first-order chi connectivity index (χ1) is 12.1. The lowest BCUT2D eigenvalue weighted by Crippen LogP contribution is -2.54. The highest BCUT2D eigenvalue weighted by atomic mass is 16.2. The van der Waals surface area contributed by atoms with Gasteiger partial charge in [0.15, 0.2) is 0 Å². The molecule has 0 spiro atoms. The number of carbonyl (C=O) groups is 1. The summed E-state index contributed by atoms with van der Waals surface area (Å²) in [5.41, 5.74) is 0.598. The number of rotatable bonds is 4. The molecule has 2 fully saturated rings. The van der Waals surface area contributed by atoms with Crippen LogP contribution in [0, 0.1) is 0 Å². The second-order valence-electron chi connectivity index (χ2n) is 6.89. The van der Waals surface area contributed by atoms with E-state index in [0.717, 1.165) is 39.0 Å². The highest BCUT2D eigenvalue weighted by Crippen LogP contribution is 2.20. The van der Waals surface area contributed by atoms with Crippen LogP contribution in [0.2, 0.25) is 0 Å². The molecule has 2 aliphatic rings. The van der Waals surface area contributed by atoms with E-state index < -0.39 is 0 Å². The molecule has 7 nitrogen and oxygen atoms in total. The quantitative estimate of drug-likeness (QED) is 0.856. The third-order valence-electron chi connectivity index (χ3n) is 5.07. The van der Waals surface area contributed by atoms with Gasteiger partial charge in [-0.1, -0.05) is 12.1 Å². The van der Waals surface area contributed by atoms with Gasteiger partial charge < -0.3 is 10.2 Å². The van der Waals surface area contributed by atoms with Crippen LogP contribution < -0.4 is 15.8 Å². The molecule has 1 atom stereocenters. The minimum absolute atomic E-state index is 0.111. The Hall–Kier alpha value is -2.41. The molecule has 2 N–H and O–H groups in total. The zero-order valence-corrected chi connectivity index (χ0v) is 14.4. The lowest BCUT2D eigenvalue weighted by Gasteiger charge is -2.37. The van der Waals surface area contributed by atoms with Gasteiger partial charge in [0.25, 0.3) is 5.56 Å². The van der Waals surface area contributed by atoms with Crippen molar-refractivity contribution in [3.05, 3.63) is 34.6 Å². The molecule has 1 aromatic heterocycles. The first kappa shape index (κ1) is 16.1. The maximum Gasteiger partial charge on any atom is 0.260 e. The smallest absolute Gasteiger partial charge is 0.260 e. The zero-order chi connectivity index (χ0) is 17.4. The predicted molar refractivity (Wildman–Crippen MR) is 96.8 cm³/mol. The van der Waals surface area contributed by atoms with Crippen LogP contribution in [0.3, 0.4) is 0 Å². The van der Waals surface area contributed by atoms with Crippen molar-refractivity contribution in [3.8, 4) is 0 Å². The van der Waals surface area contributed by atoms with Gasteiger partial charge in [0.2, 0.25) is 11.9 Å². The van der Waals surface area contributed by atoms with Gasteiger partial charge in [0.1, 0.15) is 0 Å². The Balaban J connectivity index is 1.43. The summed E-state index contributed by atoms with van der Waals surface area (Å²) in [6.45, 7) is 4.99. The van der Waals surface area contributed by atoms with E-state index >= 15 is 0 Å². The van der Waals surface area contributed by atoms with Crippen molar-refractivity contribution in [2.24, 2.45) is 0 Å². The Morgan fingerprint density at radius 3 is 2.68 bits per heavy atom. The number of para-hydroxylation sites is 1. The number of benzene rings is 1. The van der Waals surface area contributed by atoms with E-state index in [4.69, 9.17) is 0 Å². The Labute approximate surface area is 146 Å². The van der Waals surface area contributed by atoms with Gasteiger partial charge in [-0.25, -0.2) is 4.98 Å². The maximum absolute atomic E-state index is 12.2. The van der Waals surface area contributed by atoms with Gasteiger partial charge in [-0.3, -0.25) is 19.5 Å². The number of nitrogens with zero attached hydrogens (tertiary/aromatic N) is 3. The van der Waals surface area contributed by atoms with E-state index in [2.05, 4.69) is 25.1 Å². The first-order valence-electron chi connectivity index (χ1n) is 8.90. The van der Waals surface area contributed by atoms with Gasteiger partial charge in [0, 0.05) is 32.2 Å². The average molecular weight is 341 g/mol. The fourth-order valence-corrected chi connectivity index (χ4v) is 3.26. The lowest BCUT2D eigenvalue weighted by atomic mass is 10.2. The molecule has 7 heteroatoms. The first-order valence-corrected chi connectivity index (χ1v) is 8.90. The molecule has 4 rings (SSSR count). The van der Waals surface area contributed by atoms with Crippen LogP contribution in [0.5, 0.6) is 0 Å². The van der Waals surface area contributed by atoms with E-state index in [9.17, 15) is 9.59 Å². The second-order valence-corrected chi connectivity index (χ2v) is 6.89. The van der Waals surface area contributed by atoms with E-state index in [-0.39, 0.29) is 17.5 Å². The number of carbonyl (C=O) groups excluding carboxylic acids is 1. The number of anilines is 1. The summed E-state index contributed by atoms with van der Waals surface area (Å²) in [6.07, 6.45) is 2.21. The van der Waals surface area contributed by atoms with Crippen LogP contribution in [-0.2, 0) is 4.79 Å². The highest BCUT2D eigenvalue weighted by Gasteiger charge is 2.30. The molecule has 132 valence electrons. The van der Waals surface area contributed by atoms with Gasteiger partial charge in [-0.15, -0.1) is 0 Å². The second kappa shape index (κ2) is 6.48. The third kappa shape index (κ3) is 3.37. The molecule has 1 unspecified atom stereocenters. The summed E-state index contributed by atoms with van der Waals surface area (Å²) in [4.78, 5) is 36.2. The molecule has 2 aromatic rings. The third-order valence-corrected chi connectivity index (χ3v) is 5.07. The van der Waals surface area contributed by atoms with E-state index in [0.29, 0.717) is 22.9 Å². The molecule has 1 saturated heterocycles. The van der Waals surface area contributed by atoms with Crippen molar-refractivity contribution in [3.63, 3.8) is 0 Å². The van der Waals surface area contributed by atoms with Gasteiger partial charge >= 0.3 is 0 Å². The Bertz CT molecular complexity index is 837. The summed E-state index contributed by atoms with van der Waals surface area (Å²) in [5.74, 6) is 0.728. The van der Waals surface area contributed by atoms with Gasteiger partial charge in [-0.05, 0) is 31.9 Å². The molecule has 1 aromatic carbocycles. The number of fused-ring (bicyclic) bond motifs is 1. The van der Waals surface area contributed by atoms with Crippen LogP contribution in [-0.4, -0.2) is 59.0 Å². The average Bonchev–Trinajstić information content (AvgIpc) is 3.45. The molecule has 0 bridgehead atoms. The Morgan fingerprint density at radius 2 is 1.96 bits per heavy atom. The fourth-order valence-electron chi connectivity index (χ4n) is 3.26. The number of aromatic nitrogens is 2. The molecule has 1 aliphatic carbocycles. The number of H-pyrrole nitrogens is 1. The van der Waals surface area contributed by atoms with E-state index in [1.165, 1.54) is 0 Å². The van der Waals surface area contributed by atoms with Crippen molar-refractivity contribution >= 4 is 22.8 Å². The normalized spacial score (nSPS) is 19.8. The van der Waals surface area contributed by atoms with Crippen LogP contribution in [0.15, 0.2) is 29.1 Å². The van der Waals surface area contributed by atoms with Crippen LogP contribution in [0.1, 0.15) is 19.8 Å². The van der Waals surface area contributed by atoms with Gasteiger partial charge in [-0.2, -0.15) is 0 Å². The summed E-state index contributed by atoms with van der Waals surface area (Å²) < 4.78 is 0. The van der Waals surface area contributed by atoms with Gasteiger partial charge in [0.05, 0.1) is 16.9 Å². The fraction of sp³-hybridized carbons (Fsp3) is 0.500. The highest BCUT2D eigenvalue weighted by molar-refractivity contribution is 5.82. The number of amides is 1. The summed E-state index contributed by atoms with van der Waals surface area (Å²) in [7, 11) is 0. The van der Waals surface area contributed by atoms with Crippen molar-refractivity contribution < 1.29 is 4.79 Å². The monoisotopic (exact) mass is 341 g/mol. The van der Waals surface area contributed by atoms with E-state index in [1.807, 2.05) is 25.1 Å². The number of nitrogens with one attached hydrogen (secondary N) is 2. The number of hydrogen-bond acceptors (Lipinski definition) is 5. The molecule has 25 heavy (non-hydrogen) atoms. The lowest BCUT2D eigenvalue weighted by molar-refractivity contribution is -0.126. The molecule has 1 aliphatic heterocycles. The Morgan fingerprint density at radius 1 is 1.24 bits per heavy atom. The maximum atomic E-state index is 12.2. The summed E-state index contributed by atoms with van der Waals surface area (Å²) in [5, 5.41) is 3.67. The summed E-state index contributed by atoms with van der Waals surface area (Å²) >= 11 is 0. The number of aromatic amines is 1. The van der Waals surface area contributed by atoms with Crippen molar-refractivity contribution in [1.29, 1.82) is 0 Å². The minimum atomic E-state index is -0.119. The minimum Gasteiger partial charge on any atom is -0.352 e. The Kier molecular flexibility index (Phi) is 4.17.